The summed E-state index contributed by atoms with van der Waals surface area (Å²) < 4.78 is 2.03. The molecule has 1 unspecified atom stereocenters. The molecular formula is C17H15N3OS2. The van der Waals surface area contributed by atoms with E-state index in [1.54, 1.807) is 11.3 Å². The number of hydrogen-bond acceptors (Lipinski definition) is 4. The quantitative estimate of drug-likeness (QED) is 0.606. The highest BCUT2D eigenvalue weighted by atomic mass is 32.1. The number of thiophene rings is 1. The smallest absolute Gasteiger partial charge is 0.261 e. The van der Waals surface area contributed by atoms with E-state index in [9.17, 15) is 4.79 Å². The van der Waals surface area contributed by atoms with Gasteiger partial charge < -0.3 is 5.32 Å². The van der Waals surface area contributed by atoms with E-state index >= 15 is 0 Å². The summed E-state index contributed by atoms with van der Waals surface area (Å²) in [5.74, 6) is 0.259. The molecule has 0 bridgehead atoms. The number of benzene rings is 1. The molecule has 1 N–H and O–H groups in total. The van der Waals surface area contributed by atoms with Gasteiger partial charge in [-0.1, -0.05) is 37.3 Å². The highest BCUT2D eigenvalue weighted by molar-refractivity contribution is 7.21. The number of thiazole rings is 1. The Morgan fingerprint density at radius 1 is 1.35 bits per heavy atom. The molecule has 0 spiro atoms. The maximum Gasteiger partial charge on any atom is 0.261 e. The SMILES string of the molecule is CC(CNC(=O)c1cc2c(nc3sccn32)s1)c1ccccc1. The van der Waals surface area contributed by atoms with Gasteiger partial charge >= 0.3 is 0 Å². The van der Waals surface area contributed by atoms with Crippen LogP contribution >= 0.6 is 22.7 Å². The van der Waals surface area contributed by atoms with Gasteiger partial charge in [-0.3, -0.25) is 9.20 Å². The lowest BCUT2D eigenvalue weighted by Crippen LogP contribution is -2.26. The van der Waals surface area contributed by atoms with Crippen molar-refractivity contribution in [1.82, 2.24) is 14.7 Å². The zero-order valence-electron chi connectivity index (χ0n) is 12.5. The molecule has 116 valence electrons. The number of carbonyl (C=O) groups excluding carboxylic acids is 1. The fraction of sp³-hybridized carbons (Fsp3) is 0.176. The van der Waals surface area contributed by atoms with Crippen molar-refractivity contribution in [3.05, 3.63) is 58.4 Å². The minimum Gasteiger partial charge on any atom is -0.351 e. The minimum atomic E-state index is -0.0280. The number of imidazole rings is 1. The average molecular weight is 341 g/mol. The number of amides is 1. The molecule has 3 aromatic heterocycles. The Kier molecular flexibility index (Phi) is 3.63. The lowest BCUT2D eigenvalue weighted by atomic mass is 10.0. The summed E-state index contributed by atoms with van der Waals surface area (Å²) in [4.78, 5) is 19.5. The molecule has 0 aliphatic heterocycles. The maximum atomic E-state index is 12.4. The molecule has 0 saturated carbocycles. The van der Waals surface area contributed by atoms with Gasteiger partial charge in [0.05, 0.1) is 10.4 Å². The van der Waals surface area contributed by atoms with Crippen molar-refractivity contribution in [1.29, 1.82) is 0 Å². The third-order valence-electron chi connectivity index (χ3n) is 3.90. The number of hydrogen-bond donors (Lipinski definition) is 1. The van der Waals surface area contributed by atoms with Crippen LogP contribution in [-0.2, 0) is 0 Å². The zero-order chi connectivity index (χ0) is 15.8. The Hall–Kier alpha value is -2.18. The third kappa shape index (κ3) is 2.64. The van der Waals surface area contributed by atoms with E-state index in [1.165, 1.54) is 16.9 Å². The summed E-state index contributed by atoms with van der Waals surface area (Å²) in [7, 11) is 0. The second kappa shape index (κ2) is 5.79. The Labute approximate surface area is 141 Å². The van der Waals surface area contributed by atoms with Crippen LogP contribution in [0.25, 0.3) is 15.3 Å². The highest BCUT2D eigenvalue weighted by Crippen LogP contribution is 2.28. The van der Waals surface area contributed by atoms with Gasteiger partial charge in [0, 0.05) is 18.1 Å². The molecule has 0 fully saturated rings. The van der Waals surface area contributed by atoms with Crippen LogP contribution in [0.1, 0.15) is 28.1 Å². The summed E-state index contributed by atoms with van der Waals surface area (Å²) in [6.07, 6.45) is 1.99. The number of nitrogens with zero attached hydrogens (tertiary/aromatic N) is 2. The number of nitrogens with one attached hydrogen (secondary N) is 1. The molecule has 4 aromatic rings. The molecular weight excluding hydrogens is 326 g/mol. The Bertz CT molecular complexity index is 968. The van der Waals surface area contributed by atoms with Crippen LogP contribution in [0.15, 0.2) is 48.0 Å². The Morgan fingerprint density at radius 3 is 3.00 bits per heavy atom. The second-order valence-corrected chi connectivity index (χ2v) is 7.39. The van der Waals surface area contributed by atoms with Crippen molar-refractivity contribution >= 4 is 43.9 Å². The van der Waals surface area contributed by atoms with E-state index in [0.29, 0.717) is 11.4 Å². The molecule has 1 amide bonds. The first kappa shape index (κ1) is 14.4. The summed E-state index contributed by atoms with van der Waals surface area (Å²) in [6, 6.07) is 12.1. The zero-order valence-corrected chi connectivity index (χ0v) is 14.2. The van der Waals surface area contributed by atoms with Gasteiger partial charge in [-0.25, -0.2) is 4.98 Å². The lowest BCUT2D eigenvalue weighted by molar-refractivity contribution is 0.0956. The van der Waals surface area contributed by atoms with Crippen LogP contribution in [0, 0.1) is 0 Å². The third-order valence-corrected chi connectivity index (χ3v) is 5.67. The van der Waals surface area contributed by atoms with Crippen molar-refractivity contribution in [2.24, 2.45) is 0 Å². The molecule has 0 aliphatic rings. The number of fused-ring (bicyclic) bond motifs is 3. The maximum absolute atomic E-state index is 12.4. The fourth-order valence-electron chi connectivity index (χ4n) is 2.59. The first-order chi connectivity index (χ1) is 11.2. The second-order valence-electron chi connectivity index (χ2n) is 5.49. The molecule has 1 atom stereocenters. The van der Waals surface area contributed by atoms with Crippen molar-refractivity contribution in [3.8, 4) is 0 Å². The lowest BCUT2D eigenvalue weighted by Gasteiger charge is -2.12. The topological polar surface area (TPSA) is 46.4 Å². The minimum absolute atomic E-state index is 0.0280. The van der Waals surface area contributed by atoms with Crippen molar-refractivity contribution in [2.75, 3.05) is 6.54 Å². The number of carbonyl (C=O) groups is 1. The van der Waals surface area contributed by atoms with Gasteiger partial charge in [0.2, 0.25) is 0 Å². The van der Waals surface area contributed by atoms with Gasteiger partial charge in [0.25, 0.3) is 5.91 Å². The van der Waals surface area contributed by atoms with Crippen LogP contribution in [0.5, 0.6) is 0 Å². The summed E-state index contributed by atoms with van der Waals surface area (Å²) >= 11 is 3.05. The predicted octanol–water partition coefficient (Wildman–Crippen LogP) is 4.14. The van der Waals surface area contributed by atoms with E-state index in [4.69, 9.17) is 0 Å². The molecule has 3 heterocycles. The van der Waals surface area contributed by atoms with E-state index in [2.05, 4.69) is 29.4 Å². The van der Waals surface area contributed by atoms with Gasteiger partial charge in [0.1, 0.15) is 4.83 Å². The van der Waals surface area contributed by atoms with Gasteiger partial charge in [-0.05, 0) is 17.5 Å². The molecule has 0 aliphatic carbocycles. The van der Waals surface area contributed by atoms with E-state index < -0.39 is 0 Å². The first-order valence-electron chi connectivity index (χ1n) is 7.40. The standard InChI is InChI=1S/C17H15N3OS2/c1-11(12-5-3-2-4-6-12)10-18-15(21)14-9-13-16(23-14)19-17-20(13)7-8-22-17/h2-9,11H,10H2,1H3,(H,18,21). The predicted molar refractivity (Wildman–Crippen MR) is 95.6 cm³/mol. The van der Waals surface area contributed by atoms with E-state index in [1.807, 2.05) is 40.2 Å². The van der Waals surface area contributed by atoms with Gasteiger partial charge in [-0.2, -0.15) is 0 Å². The molecule has 4 rings (SSSR count). The molecule has 23 heavy (non-hydrogen) atoms. The normalized spacial score (nSPS) is 12.7. The van der Waals surface area contributed by atoms with Crippen LogP contribution in [-0.4, -0.2) is 21.8 Å². The Morgan fingerprint density at radius 2 is 2.17 bits per heavy atom. The molecule has 6 heteroatoms. The molecule has 0 saturated heterocycles. The Balaban J connectivity index is 1.49. The highest BCUT2D eigenvalue weighted by Gasteiger charge is 2.15. The van der Waals surface area contributed by atoms with Gasteiger partial charge in [0.15, 0.2) is 4.96 Å². The largest absolute Gasteiger partial charge is 0.351 e. The van der Waals surface area contributed by atoms with Crippen LogP contribution in [0.3, 0.4) is 0 Å². The summed E-state index contributed by atoms with van der Waals surface area (Å²) in [5, 5.41) is 5.03. The molecule has 0 radical (unpaired) electrons. The fourth-order valence-corrected chi connectivity index (χ4v) is 4.31. The van der Waals surface area contributed by atoms with E-state index in [-0.39, 0.29) is 11.8 Å². The van der Waals surface area contributed by atoms with Crippen molar-refractivity contribution in [3.63, 3.8) is 0 Å². The summed E-state index contributed by atoms with van der Waals surface area (Å²) in [5.41, 5.74) is 2.24. The molecule has 4 nitrogen and oxygen atoms in total. The van der Waals surface area contributed by atoms with E-state index in [0.717, 1.165) is 15.3 Å². The monoisotopic (exact) mass is 341 g/mol. The first-order valence-corrected chi connectivity index (χ1v) is 9.10. The molecule has 1 aromatic carbocycles. The van der Waals surface area contributed by atoms with Gasteiger partial charge in [-0.15, -0.1) is 22.7 Å². The number of aromatic nitrogens is 2. The van der Waals surface area contributed by atoms with Crippen molar-refractivity contribution < 1.29 is 4.79 Å². The van der Waals surface area contributed by atoms with Crippen molar-refractivity contribution in [2.45, 2.75) is 12.8 Å². The number of rotatable bonds is 4. The van der Waals surface area contributed by atoms with Crippen LogP contribution in [0.4, 0.5) is 0 Å². The summed E-state index contributed by atoms with van der Waals surface area (Å²) in [6.45, 7) is 2.74. The average Bonchev–Trinajstić information content (AvgIpc) is 3.24. The van der Waals surface area contributed by atoms with Crippen LogP contribution < -0.4 is 5.32 Å². The van der Waals surface area contributed by atoms with Crippen LogP contribution in [0.2, 0.25) is 0 Å².